The van der Waals surface area contributed by atoms with Gasteiger partial charge in [-0.1, -0.05) is 12.1 Å². The van der Waals surface area contributed by atoms with Crippen LogP contribution in [-0.4, -0.2) is 40.5 Å². The van der Waals surface area contributed by atoms with Crippen molar-refractivity contribution in [3.63, 3.8) is 0 Å². The third kappa shape index (κ3) is 2.37. The van der Waals surface area contributed by atoms with Crippen LogP contribution in [0, 0.1) is 0 Å². The van der Waals surface area contributed by atoms with Gasteiger partial charge >= 0.3 is 5.97 Å². The van der Waals surface area contributed by atoms with Crippen molar-refractivity contribution >= 4 is 28.0 Å². The molecule has 1 N–H and O–H groups in total. The average molecular weight is 327 g/mol. The number of nitrogens with zero attached hydrogens (tertiary/aromatic N) is 2. The standard InChI is InChI=1S/C17H17N3O4/c1-23-17(22)11-6-4-8-20(11)9-13-18-14-10-5-2-3-7-12(10)24-15(14)16(21)19-13/h2-3,5,7,11H,4,6,8-9H2,1H3,(H,18,19,21). The summed E-state index contributed by atoms with van der Waals surface area (Å²) in [7, 11) is 1.39. The third-order valence-corrected chi connectivity index (χ3v) is 4.47. The zero-order valence-electron chi connectivity index (χ0n) is 13.2. The van der Waals surface area contributed by atoms with E-state index in [-0.39, 0.29) is 23.2 Å². The van der Waals surface area contributed by atoms with Gasteiger partial charge in [0.15, 0.2) is 0 Å². The van der Waals surface area contributed by atoms with E-state index in [2.05, 4.69) is 9.97 Å². The summed E-state index contributed by atoms with van der Waals surface area (Å²) in [5, 5.41) is 0.811. The molecule has 0 amide bonds. The molecule has 7 heteroatoms. The van der Waals surface area contributed by atoms with E-state index in [1.54, 1.807) is 0 Å². The lowest BCUT2D eigenvalue weighted by Gasteiger charge is -2.21. The molecule has 3 heterocycles. The summed E-state index contributed by atoms with van der Waals surface area (Å²) in [6.07, 6.45) is 1.68. The number of hydrogen-bond donors (Lipinski definition) is 1. The first-order chi connectivity index (χ1) is 11.7. The van der Waals surface area contributed by atoms with E-state index in [1.165, 1.54) is 7.11 Å². The Bertz CT molecular complexity index is 975. The molecule has 3 aromatic rings. The second-order valence-corrected chi connectivity index (χ2v) is 5.94. The van der Waals surface area contributed by atoms with Crippen molar-refractivity contribution < 1.29 is 13.9 Å². The third-order valence-electron chi connectivity index (χ3n) is 4.47. The number of para-hydroxylation sites is 1. The van der Waals surface area contributed by atoms with Crippen LogP contribution in [0.4, 0.5) is 0 Å². The fourth-order valence-corrected chi connectivity index (χ4v) is 3.33. The smallest absolute Gasteiger partial charge is 0.323 e. The minimum absolute atomic E-state index is 0.228. The Morgan fingerprint density at radius 1 is 1.46 bits per heavy atom. The molecule has 2 aromatic heterocycles. The van der Waals surface area contributed by atoms with Gasteiger partial charge in [0.05, 0.1) is 13.7 Å². The quantitative estimate of drug-likeness (QED) is 0.738. The number of esters is 1. The maximum absolute atomic E-state index is 12.3. The second-order valence-electron chi connectivity index (χ2n) is 5.94. The van der Waals surface area contributed by atoms with Crippen molar-refractivity contribution in [2.45, 2.75) is 25.4 Å². The summed E-state index contributed by atoms with van der Waals surface area (Å²) in [6.45, 7) is 1.16. The number of likely N-dealkylation sites (tertiary alicyclic amines) is 1. The van der Waals surface area contributed by atoms with E-state index in [4.69, 9.17) is 9.15 Å². The Morgan fingerprint density at radius 3 is 3.12 bits per heavy atom. The van der Waals surface area contributed by atoms with Crippen LogP contribution in [-0.2, 0) is 16.1 Å². The molecule has 1 aliphatic rings. The van der Waals surface area contributed by atoms with Gasteiger partial charge in [0.1, 0.15) is 23.0 Å². The van der Waals surface area contributed by atoms with E-state index in [0.29, 0.717) is 23.5 Å². The van der Waals surface area contributed by atoms with Gasteiger partial charge in [0, 0.05) is 5.39 Å². The lowest BCUT2D eigenvalue weighted by Crippen LogP contribution is -2.37. The van der Waals surface area contributed by atoms with E-state index >= 15 is 0 Å². The lowest BCUT2D eigenvalue weighted by molar-refractivity contribution is -0.146. The van der Waals surface area contributed by atoms with Gasteiger partial charge in [-0.25, -0.2) is 4.98 Å². The Kier molecular flexibility index (Phi) is 3.57. The molecule has 4 rings (SSSR count). The van der Waals surface area contributed by atoms with Crippen molar-refractivity contribution in [1.29, 1.82) is 0 Å². The number of H-pyrrole nitrogens is 1. The molecule has 0 spiro atoms. The summed E-state index contributed by atoms with van der Waals surface area (Å²) in [6, 6.07) is 7.14. The topological polar surface area (TPSA) is 88.4 Å². The number of hydrogen-bond acceptors (Lipinski definition) is 6. The molecular formula is C17H17N3O4. The summed E-state index contributed by atoms with van der Waals surface area (Å²) < 4.78 is 10.4. The molecular weight excluding hydrogens is 310 g/mol. The van der Waals surface area contributed by atoms with Gasteiger partial charge in [-0.3, -0.25) is 14.5 Å². The Morgan fingerprint density at radius 2 is 2.29 bits per heavy atom. The fraction of sp³-hybridized carbons (Fsp3) is 0.353. The molecule has 1 aromatic carbocycles. The largest absolute Gasteiger partial charge is 0.468 e. The molecule has 0 aliphatic carbocycles. The second kappa shape index (κ2) is 5.76. The van der Waals surface area contributed by atoms with Crippen molar-refractivity contribution in [1.82, 2.24) is 14.9 Å². The number of fused-ring (bicyclic) bond motifs is 3. The van der Waals surface area contributed by atoms with Crippen LogP contribution in [0.15, 0.2) is 33.5 Å². The Hall–Kier alpha value is -2.67. The van der Waals surface area contributed by atoms with Crippen molar-refractivity contribution in [3.8, 4) is 0 Å². The number of methoxy groups -OCH3 is 1. The van der Waals surface area contributed by atoms with Crippen LogP contribution in [0.3, 0.4) is 0 Å². The van der Waals surface area contributed by atoms with Crippen LogP contribution in [0.25, 0.3) is 22.1 Å². The summed E-state index contributed by atoms with van der Waals surface area (Å²) in [5.74, 6) is 0.277. The maximum atomic E-state index is 12.3. The maximum Gasteiger partial charge on any atom is 0.323 e. The van der Waals surface area contributed by atoms with Crippen LogP contribution in [0.1, 0.15) is 18.7 Å². The van der Waals surface area contributed by atoms with Gasteiger partial charge < -0.3 is 14.1 Å². The van der Waals surface area contributed by atoms with E-state index in [0.717, 1.165) is 24.8 Å². The molecule has 1 unspecified atom stereocenters. The van der Waals surface area contributed by atoms with Gasteiger partial charge in [-0.05, 0) is 31.5 Å². The van der Waals surface area contributed by atoms with Gasteiger partial charge in [0.2, 0.25) is 5.58 Å². The summed E-state index contributed by atoms with van der Waals surface area (Å²) in [5.41, 5.74) is 1.11. The number of aromatic nitrogens is 2. The van der Waals surface area contributed by atoms with Gasteiger partial charge in [0.25, 0.3) is 5.56 Å². The zero-order valence-corrected chi connectivity index (χ0v) is 13.2. The molecule has 124 valence electrons. The van der Waals surface area contributed by atoms with Crippen molar-refractivity contribution in [2.75, 3.05) is 13.7 Å². The number of rotatable bonds is 3. The summed E-state index contributed by atoms with van der Waals surface area (Å²) >= 11 is 0. The van der Waals surface area contributed by atoms with Crippen LogP contribution >= 0.6 is 0 Å². The molecule has 0 saturated carbocycles. The number of nitrogens with one attached hydrogen (secondary N) is 1. The first-order valence-corrected chi connectivity index (χ1v) is 7.89. The monoisotopic (exact) mass is 327 g/mol. The summed E-state index contributed by atoms with van der Waals surface area (Å²) in [4.78, 5) is 33.5. The molecule has 1 atom stereocenters. The SMILES string of the molecule is COC(=O)C1CCCN1Cc1nc2c(oc3ccccc32)c(=O)[nH]1. The molecule has 1 aliphatic heterocycles. The number of aromatic amines is 1. The highest BCUT2D eigenvalue weighted by molar-refractivity contribution is 6.01. The zero-order chi connectivity index (χ0) is 16.7. The number of carbonyl (C=O) groups is 1. The molecule has 24 heavy (non-hydrogen) atoms. The van der Waals surface area contributed by atoms with Crippen LogP contribution in [0.2, 0.25) is 0 Å². The molecule has 0 radical (unpaired) electrons. The van der Waals surface area contributed by atoms with E-state index < -0.39 is 0 Å². The van der Waals surface area contributed by atoms with Gasteiger partial charge in [-0.2, -0.15) is 0 Å². The average Bonchev–Trinajstić information content (AvgIpc) is 3.19. The Labute approximate surface area is 137 Å². The van der Waals surface area contributed by atoms with Crippen LogP contribution < -0.4 is 5.56 Å². The molecule has 0 bridgehead atoms. The minimum atomic E-state index is -0.306. The molecule has 1 fully saturated rings. The fourth-order valence-electron chi connectivity index (χ4n) is 3.33. The van der Waals surface area contributed by atoms with Gasteiger partial charge in [-0.15, -0.1) is 0 Å². The van der Waals surface area contributed by atoms with E-state index in [9.17, 15) is 9.59 Å². The minimum Gasteiger partial charge on any atom is -0.468 e. The molecule has 1 saturated heterocycles. The van der Waals surface area contributed by atoms with Crippen molar-refractivity contribution in [2.24, 2.45) is 0 Å². The predicted molar refractivity (Wildman–Crippen MR) is 87.6 cm³/mol. The highest BCUT2D eigenvalue weighted by Crippen LogP contribution is 2.25. The number of carbonyl (C=O) groups excluding carboxylic acids is 1. The van der Waals surface area contributed by atoms with Crippen molar-refractivity contribution in [3.05, 3.63) is 40.4 Å². The number of benzene rings is 1. The highest BCUT2D eigenvalue weighted by Gasteiger charge is 2.32. The number of ether oxygens (including phenoxy) is 1. The lowest BCUT2D eigenvalue weighted by atomic mass is 10.2. The molecule has 7 nitrogen and oxygen atoms in total. The number of furan rings is 1. The predicted octanol–water partition coefficient (Wildman–Crippen LogP) is 1.81. The highest BCUT2D eigenvalue weighted by atomic mass is 16.5. The van der Waals surface area contributed by atoms with Crippen LogP contribution in [0.5, 0.6) is 0 Å². The first-order valence-electron chi connectivity index (χ1n) is 7.89. The van der Waals surface area contributed by atoms with E-state index in [1.807, 2.05) is 29.2 Å². The normalized spacial score (nSPS) is 18.5. The Balaban J connectivity index is 1.73. The first kappa shape index (κ1) is 14.9.